The first kappa shape index (κ1) is 8.04. The van der Waals surface area contributed by atoms with Gasteiger partial charge in [0.25, 0.3) is 5.91 Å². The maximum absolute atomic E-state index is 11.2. The van der Waals surface area contributed by atoms with Gasteiger partial charge in [-0.2, -0.15) is 0 Å². The first-order valence-corrected chi connectivity index (χ1v) is 4.12. The summed E-state index contributed by atoms with van der Waals surface area (Å²) in [6.07, 6.45) is -0.433. The van der Waals surface area contributed by atoms with Crippen molar-refractivity contribution in [2.45, 2.75) is 20.0 Å². The van der Waals surface area contributed by atoms with Crippen LogP contribution in [0.4, 0.5) is 5.82 Å². The molecule has 1 atom stereocenters. The van der Waals surface area contributed by atoms with E-state index < -0.39 is 6.10 Å². The number of hydrogen-bond donors (Lipinski definition) is 1. The highest BCUT2D eigenvalue weighted by molar-refractivity contribution is 5.96. The predicted molar refractivity (Wildman–Crippen MR) is 47.7 cm³/mol. The Morgan fingerprint density at radius 3 is 3.08 bits per heavy atom. The molecule has 2 heterocycles. The van der Waals surface area contributed by atoms with Gasteiger partial charge in [-0.3, -0.25) is 4.79 Å². The number of nitrogens with zero attached hydrogens (tertiary/aromatic N) is 1. The van der Waals surface area contributed by atoms with Gasteiger partial charge in [-0.15, -0.1) is 0 Å². The highest BCUT2D eigenvalue weighted by Gasteiger charge is 2.23. The van der Waals surface area contributed by atoms with Crippen LogP contribution < -0.4 is 10.1 Å². The molecule has 0 saturated heterocycles. The minimum Gasteiger partial charge on any atom is -0.477 e. The Kier molecular flexibility index (Phi) is 1.69. The molecule has 4 nitrogen and oxygen atoms in total. The lowest BCUT2D eigenvalue weighted by atomic mass is 10.3. The van der Waals surface area contributed by atoms with E-state index in [9.17, 15) is 4.79 Å². The summed E-state index contributed by atoms with van der Waals surface area (Å²) >= 11 is 0. The summed E-state index contributed by atoms with van der Waals surface area (Å²) in [5, 5.41) is 2.68. The van der Waals surface area contributed by atoms with Crippen molar-refractivity contribution in [3.05, 3.63) is 17.8 Å². The van der Waals surface area contributed by atoms with E-state index in [1.54, 1.807) is 6.92 Å². The molecule has 68 valence electrons. The molecule has 2 rings (SSSR count). The van der Waals surface area contributed by atoms with E-state index in [1.807, 2.05) is 19.1 Å². The van der Waals surface area contributed by atoms with Gasteiger partial charge in [-0.05, 0) is 26.0 Å². The van der Waals surface area contributed by atoms with Gasteiger partial charge in [0.15, 0.2) is 17.7 Å². The van der Waals surface area contributed by atoms with Crippen molar-refractivity contribution >= 4 is 11.7 Å². The van der Waals surface area contributed by atoms with Crippen LogP contribution in [-0.4, -0.2) is 17.0 Å². The zero-order valence-electron chi connectivity index (χ0n) is 7.50. The summed E-state index contributed by atoms with van der Waals surface area (Å²) in [4.78, 5) is 15.3. The zero-order chi connectivity index (χ0) is 9.42. The van der Waals surface area contributed by atoms with Gasteiger partial charge in [0.1, 0.15) is 0 Å². The van der Waals surface area contributed by atoms with Gasteiger partial charge in [0.05, 0.1) is 0 Å². The fourth-order valence-electron chi connectivity index (χ4n) is 1.19. The lowest BCUT2D eigenvalue weighted by Crippen LogP contribution is -2.34. The third kappa shape index (κ3) is 1.35. The molecule has 0 radical (unpaired) electrons. The Morgan fingerprint density at radius 1 is 1.54 bits per heavy atom. The van der Waals surface area contributed by atoms with Gasteiger partial charge in [-0.25, -0.2) is 4.98 Å². The monoisotopic (exact) mass is 178 g/mol. The molecule has 0 aliphatic carbocycles. The Labute approximate surface area is 75.9 Å². The van der Waals surface area contributed by atoms with Crippen LogP contribution in [0.25, 0.3) is 0 Å². The molecule has 1 aliphatic rings. The van der Waals surface area contributed by atoms with Crippen LogP contribution >= 0.6 is 0 Å². The maximum atomic E-state index is 11.2. The second-order valence-electron chi connectivity index (χ2n) is 3.05. The van der Waals surface area contributed by atoms with Gasteiger partial charge >= 0.3 is 0 Å². The second-order valence-corrected chi connectivity index (χ2v) is 3.05. The Morgan fingerprint density at radius 2 is 2.31 bits per heavy atom. The second kappa shape index (κ2) is 2.73. The van der Waals surface area contributed by atoms with E-state index in [0.29, 0.717) is 11.6 Å². The normalized spacial score (nSPS) is 20.2. The molecule has 0 fully saturated rings. The average molecular weight is 178 g/mol. The third-order valence-electron chi connectivity index (χ3n) is 1.91. The van der Waals surface area contributed by atoms with Crippen LogP contribution in [-0.2, 0) is 4.79 Å². The summed E-state index contributed by atoms with van der Waals surface area (Å²) in [5.41, 5.74) is 0.859. The lowest BCUT2D eigenvalue weighted by molar-refractivity contribution is -0.122. The zero-order valence-corrected chi connectivity index (χ0v) is 7.50. The van der Waals surface area contributed by atoms with Gasteiger partial charge < -0.3 is 10.1 Å². The van der Waals surface area contributed by atoms with E-state index in [1.165, 1.54) is 0 Å². The number of anilines is 1. The quantitative estimate of drug-likeness (QED) is 0.647. The number of ether oxygens (including phenoxy) is 1. The van der Waals surface area contributed by atoms with Crippen LogP contribution in [0, 0.1) is 6.92 Å². The first-order valence-electron chi connectivity index (χ1n) is 4.12. The van der Waals surface area contributed by atoms with E-state index in [0.717, 1.165) is 5.69 Å². The fraction of sp³-hybridized carbons (Fsp3) is 0.333. The number of carbonyl (C=O) groups is 1. The molecule has 1 amide bonds. The number of hydrogen-bond acceptors (Lipinski definition) is 3. The number of aryl methyl sites for hydroxylation is 1. The number of pyridine rings is 1. The van der Waals surface area contributed by atoms with Crippen molar-refractivity contribution in [3.63, 3.8) is 0 Å². The van der Waals surface area contributed by atoms with Crippen LogP contribution in [0.3, 0.4) is 0 Å². The average Bonchev–Trinajstić information content (AvgIpc) is 2.08. The van der Waals surface area contributed by atoms with Crippen molar-refractivity contribution in [3.8, 4) is 5.75 Å². The van der Waals surface area contributed by atoms with E-state index in [-0.39, 0.29) is 5.91 Å². The van der Waals surface area contributed by atoms with Crippen molar-refractivity contribution in [1.82, 2.24) is 4.98 Å². The van der Waals surface area contributed by atoms with Crippen LogP contribution in [0.1, 0.15) is 12.6 Å². The van der Waals surface area contributed by atoms with Gasteiger partial charge in [-0.1, -0.05) is 0 Å². The molecule has 0 saturated carbocycles. The van der Waals surface area contributed by atoms with Crippen LogP contribution in [0.5, 0.6) is 5.75 Å². The topological polar surface area (TPSA) is 51.2 Å². The van der Waals surface area contributed by atoms with Crippen LogP contribution in [0.2, 0.25) is 0 Å². The highest BCUT2D eigenvalue weighted by atomic mass is 16.5. The molecule has 0 aromatic carbocycles. The van der Waals surface area contributed by atoms with Crippen molar-refractivity contribution in [2.24, 2.45) is 0 Å². The number of nitrogens with one attached hydrogen (secondary N) is 1. The summed E-state index contributed by atoms with van der Waals surface area (Å²) in [5.74, 6) is 1.01. The third-order valence-corrected chi connectivity index (χ3v) is 1.91. The highest BCUT2D eigenvalue weighted by Crippen LogP contribution is 2.27. The molecule has 1 unspecified atom stereocenters. The maximum Gasteiger partial charge on any atom is 0.266 e. The van der Waals surface area contributed by atoms with E-state index >= 15 is 0 Å². The summed E-state index contributed by atoms with van der Waals surface area (Å²) in [6, 6.07) is 3.66. The standard InChI is InChI=1S/C9H10N2O2/c1-5-3-4-7-8(10-5)11-9(12)6(2)13-7/h3-4,6H,1-2H3,(H,10,11,12). The minimum atomic E-state index is -0.433. The smallest absolute Gasteiger partial charge is 0.266 e. The van der Waals surface area contributed by atoms with Crippen molar-refractivity contribution < 1.29 is 9.53 Å². The molecule has 1 aromatic rings. The van der Waals surface area contributed by atoms with E-state index in [2.05, 4.69) is 10.3 Å². The lowest BCUT2D eigenvalue weighted by Gasteiger charge is -2.22. The largest absolute Gasteiger partial charge is 0.477 e. The predicted octanol–water partition coefficient (Wildman–Crippen LogP) is 1.11. The number of fused-ring (bicyclic) bond motifs is 1. The van der Waals surface area contributed by atoms with Gasteiger partial charge in [0, 0.05) is 5.69 Å². The van der Waals surface area contributed by atoms with Crippen molar-refractivity contribution in [2.75, 3.05) is 5.32 Å². The molecular formula is C9H10N2O2. The number of aromatic nitrogens is 1. The summed E-state index contributed by atoms with van der Waals surface area (Å²) < 4.78 is 5.32. The number of carbonyl (C=O) groups excluding carboxylic acids is 1. The Bertz CT molecular complexity index is 363. The van der Waals surface area contributed by atoms with Crippen molar-refractivity contribution in [1.29, 1.82) is 0 Å². The Hall–Kier alpha value is -1.58. The fourth-order valence-corrected chi connectivity index (χ4v) is 1.19. The molecular weight excluding hydrogens is 168 g/mol. The molecule has 4 heteroatoms. The summed E-state index contributed by atoms with van der Waals surface area (Å²) in [6.45, 7) is 3.57. The molecule has 1 aliphatic heterocycles. The number of amides is 1. The number of rotatable bonds is 0. The molecule has 1 N–H and O–H groups in total. The van der Waals surface area contributed by atoms with E-state index in [4.69, 9.17) is 4.74 Å². The molecule has 13 heavy (non-hydrogen) atoms. The minimum absolute atomic E-state index is 0.148. The molecule has 0 spiro atoms. The Balaban J connectivity index is 2.42. The molecule has 0 bridgehead atoms. The van der Waals surface area contributed by atoms with Gasteiger partial charge in [0.2, 0.25) is 0 Å². The molecule has 1 aromatic heterocycles. The first-order chi connectivity index (χ1) is 6.16. The van der Waals surface area contributed by atoms with Crippen LogP contribution in [0.15, 0.2) is 12.1 Å². The summed E-state index contributed by atoms with van der Waals surface area (Å²) in [7, 11) is 0. The SMILES string of the molecule is Cc1ccc2c(n1)NC(=O)C(C)O2.